The summed E-state index contributed by atoms with van der Waals surface area (Å²) in [5.74, 6) is 2.46. The largest absolute Gasteiger partial charge is 0.493 e. The maximum Gasteiger partial charge on any atom is 0.196 e. The van der Waals surface area contributed by atoms with Crippen LogP contribution in [0.15, 0.2) is 72.1 Å². The number of nitrogens with zero attached hydrogens (tertiary/aromatic N) is 4. The second kappa shape index (κ2) is 9.13. The van der Waals surface area contributed by atoms with Crippen molar-refractivity contribution in [3.05, 3.63) is 83.7 Å². The molecule has 5 nitrogen and oxygen atoms in total. The monoisotopic (exact) mass is 416 g/mol. The molecule has 0 fully saturated rings. The zero-order valence-corrected chi connectivity index (χ0v) is 18.2. The van der Waals surface area contributed by atoms with Crippen molar-refractivity contribution in [2.45, 2.75) is 25.9 Å². The van der Waals surface area contributed by atoms with Gasteiger partial charge in [-0.05, 0) is 68.3 Å². The highest BCUT2D eigenvalue weighted by molar-refractivity contribution is 7.99. The second-order valence-corrected chi connectivity index (χ2v) is 8.22. The van der Waals surface area contributed by atoms with Gasteiger partial charge >= 0.3 is 0 Å². The lowest BCUT2D eigenvalue weighted by molar-refractivity contribution is 0.344. The van der Waals surface area contributed by atoms with Crippen LogP contribution in [0.1, 0.15) is 16.7 Å². The Morgan fingerprint density at radius 2 is 1.63 bits per heavy atom. The first kappa shape index (κ1) is 20.2. The van der Waals surface area contributed by atoms with Crippen LogP contribution in [-0.2, 0) is 0 Å². The SMILES string of the molecule is Cc1ccc(OCCSc2nnc(-c3ccncc3)n2-c2ccc(C)c(C)c2)cc1. The topological polar surface area (TPSA) is 52.8 Å². The van der Waals surface area contributed by atoms with Gasteiger partial charge in [-0.1, -0.05) is 35.5 Å². The zero-order valence-electron chi connectivity index (χ0n) is 17.4. The number of hydrogen-bond donors (Lipinski definition) is 0. The van der Waals surface area contributed by atoms with Crippen molar-refractivity contribution < 1.29 is 4.74 Å². The highest BCUT2D eigenvalue weighted by Crippen LogP contribution is 2.28. The quantitative estimate of drug-likeness (QED) is 0.297. The predicted octanol–water partition coefficient (Wildman–Crippen LogP) is 5.43. The van der Waals surface area contributed by atoms with E-state index in [1.807, 2.05) is 24.3 Å². The van der Waals surface area contributed by atoms with Crippen LogP contribution >= 0.6 is 11.8 Å². The molecule has 6 heteroatoms. The van der Waals surface area contributed by atoms with Gasteiger partial charge in [-0.2, -0.15) is 0 Å². The molecule has 0 amide bonds. The van der Waals surface area contributed by atoms with Crippen LogP contribution in [-0.4, -0.2) is 32.1 Å². The van der Waals surface area contributed by atoms with Gasteiger partial charge in [-0.25, -0.2) is 0 Å². The van der Waals surface area contributed by atoms with E-state index in [9.17, 15) is 0 Å². The second-order valence-electron chi connectivity index (χ2n) is 7.16. The normalized spacial score (nSPS) is 10.9. The smallest absolute Gasteiger partial charge is 0.196 e. The lowest BCUT2D eigenvalue weighted by atomic mass is 10.1. The molecule has 152 valence electrons. The Balaban J connectivity index is 1.57. The summed E-state index contributed by atoms with van der Waals surface area (Å²) in [5, 5.41) is 9.81. The molecule has 0 saturated heterocycles. The third-order valence-corrected chi connectivity index (χ3v) is 5.82. The fraction of sp³-hybridized carbons (Fsp3) is 0.208. The highest BCUT2D eigenvalue weighted by atomic mass is 32.2. The van der Waals surface area contributed by atoms with Crippen molar-refractivity contribution in [2.24, 2.45) is 0 Å². The van der Waals surface area contributed by atoms with Crippen molar-refractivity contribution in [1.82, 2.24) is 19.7 Å². The summed E-state index contributed by atoms with van der Waals surface area (Å²) in [6.45, 7) is 6.91. The summed E-state index contributed by atoms with van der Waals surface area (Å²) >= 11 is 1.64. The van der Waals surface area contributed by atoms with Gasteiger partial charge in [0.2, 0.25) is 0 Å². The summed E-state index contributed by atoms with van der Waals surface area (Å²) in [6.07, 6.45) is 3.55. The summed E-state index contributed by atoms with van der Waals surface area (Å²) in [4.78, 5) is 4.12. The summed E-state index contributed by atoms with van der Waals surface area (Å²) < 4.78 is 7.98. The first-order valence-corrected chi connectivity index (χ1v) is 10.9. The van der Waals surface area contributed by atoms with Crippen molar-refractivity contribution in [1.29, 1.82) is 0 Å². The minimum absolute atomic E-state index is 0.595. The Morgan fingerprint density at radius 3 is 2.37 bits per heavy atom. The van der Waals surface area contributed by atoms with Gasteiger partial charge in [-0.15, -0.1) is 10.2 Å². The van der Waals surface area contributed by atoms with Crippen molar-refractivity contribution in [3.63, 3.8) is 0 Å². The van der Waals surface area contributed by atoms with Crippen molar-refractivity contribution in [3.8, 4) is 22.8 Å². The number of benzene rings is 2. The highest BCUT2D eigenvalue weighted by Gasteiger charge is 2.16. The molecule has 0 aliphatic rings. The number of aromatic nitrogens is 4. The Bertz CT molecular complexity index is 1120. The van der Waals surface area contributed by atoms with Crippen LogP contribution in [0.5, 0.6) is 5.75 Å². The molecule has 4 aromatic rings. The van der Waals surface area contributed by atoms with Gasteiger partial charge in [0.1, 0.15) is 5.75 Å². The zero-order chi connectivity index (χ0) is 20.9. The molecule has 4 rings (SSSR count). The summed E-state index contributed by atoms with van der Waals surface area (Å²) in [6, 6.07) is 18.4. The van der Waals surface area contributed by atoms with Gasteiger partial charge in [0.15, 0.2) is 11.0 Å². The number of aryl methyl sites for hydroxylation is 3. The van der Waals surface area contributed by atoms with Crippen LogP contribution in [0, 0.1) is 20.8 Å². The molecule has 0 unspecified atom stereocenters. The molecule has 30 heavy (non-hydrogen) atoms. The number of ether oxygens (including phenoxy) is 1. The Kier molecular flexibility index (Phi) is 6.14. The Hall–Kier alpha value is -3.12. The lowest BCUT2D eigenvalue weighted by Crippen LogP contribution is -2.04. The van der Waals surface area contributed by atoms with Crippen LogP contribution < -0.4 is 4.74 Å². The van der Waals surface area contributed by atoms with Gasteiger partial charge in [0, 0.05) is 23.7 Å². The number of pyridine rings is 1. The fourth-order valence-corrected chi connectivity index (χ4v) is 3.84. The number of thioether (sulfide) groups is 1. The van der Waals surface area contributed by atoms with Crippen molar-refractivity contribution >= 4 is 11.8 Å². The number of rotatable bonds is 7. The predicted molar refractivity (Wildman–Crippen MR) is 121 cm³/mol. The third kappa shape index (κ3) is 4.54. The summed E-state index contributed by atoms with van der Waals surface area (Å²) in [7, 11) is 0. The molecule has 0 radical (unpaired) electrons. The molecule has 0 saturated carbocycles. The average Bonchev–Trinajstić information content (AvgIpc) is 3.19. The van der Waals surface area contributed by atoms with Gasteiger partial charge in [0.05, 0.1) is 12.3 Å². The molecule has 2 aromatic heterocycles. The van der Waals surface area contributed by atoms with Crippen molar-refractivity contribution in [2.75, 3.05) is 12.4 Å². The van der Waals surface area contributed by atoms with E-state index in [0.29, 0.717) is 6.61 Å². The molecule has 0 atom stereocenters. The first-order chi connectivity index (χ1) is 14.6. The van der Waals surface area contributed by atoms with E-state index in [-0.39, 0.29) is 0 Å². The van der Waals surface area contributed by atoms with Crippen LogP contribution in [0.3, 0.4) is 0 Å². The van der Waals surface area contributed by atoms with E-state index in [1.165, 1.54) is 16.7 Å². The molecular weight excluding hydrogens is 392 g/mol. The molecule has 0 spiro atoms. The van der Waals surface area contributed by atoms with Crippen LogP contribution in [0.4, 0.5) is 0 Å². The molecule has 2 heterocycles. The maximum absolute atomic E-state index is 5.87. The van der Waals surface area contributed by atoms with Crippen LogP contribution in [0.2, 0.25) is 0 Å². The minimum atomic E-state index is 0.595. The van der Waals surface area contributed by atoms with Gasteiger partial charge < -0.3 is 4.74 Å². The average molecular weight is 417 g/mol. The van der Waals surface area contributed by atoms with E-state index < -0.39 is 0 Å². The van der Waals surface area contributed by atoms with Crippen LogP contribution in [0.25, 0.3) is 17.1 Å². The lowest BCUT2D eigenvalue weighted by Gasteiger charge is -2.12. The molecule has 0 aliphatic heterocycles. The van der Waals surface area contributed by atoms with Gasteiger partial charge in [0.25, 0.3) is 0 Å². The van der Waals surface area contributed by atoms with E-state index in [2.05, 4.69) is 70.9 Å². The fourth-order valence-electron chi connectivity index (χ4n) is 3.08. The Morgan fingerprint density at radius 1 is 0.867 bits per heavy atom. The molecule has 0 aliphatic carbocycles. The Labute approximate surface area is 181 Å². The number of hydrogen-bond acceptors (Lipinski definition) is 5. The van der Waals surface area contributed by atoms with E-state index in [4.69, 9.17) is 4.74 Å². The maximum atomic E-state index is 5.87. The van der Waals surface area contributed by atoms with Gasteiger partial charge in [-0.3, -0.25) is 9.55 Å². The molecular formula is C24H24N4OS. The van der Waals surface area contributed by atoms with E-state index >= 15 is 0 Å². The standard InChI is InChI=1S/C24H24N4OS/c1-17-4-8-22(9-5-17)29-14-15-30-24-27-26-23(20-10-12-25-13-11-20)28(24)21-7-6-18(2)19(3)16-21/h4-13,16H,14-15H2,1-3H3. The van der Waals surface area contributed by atoms with E-state index in [0.717, 1.165) is 33.7 Å². The molecule has 2 aromatic carbocycles. The molecule has 0 N–H and O–H groups in total. The third-order valence-electron chi connectivity index (χ3n) is 4.92. The molecule has 0 bridgehead atoms. The minimum Gasteiger partial charge on any atom is -0.493 e. The first-order valence-electron chi connectivity index (χ1n) is 9.87. The van der Waals surface area contributed by atoms with E-state index in [1.54, 1.807) is 24.2 Å². The summed E-state index contributed by atoms with van der Waals surface area (Å²) in [5.41, 5.74) is 5.76.